The highest BCUT2D eigenvalue weighted by Gasteiger charge is 2.13. The Bertz CT molecular complexity index is 766. The van der Waals surface area contributed by atoms with Crippen molar-refractivity contribution >= 4 is 11.3 Å². The molecule has 5 nitrogen and oxygen atoms in total. The summed E-state index contributed by atoms with van der Waals surface area (Å²) in [5, 5.41) is 5.98. The third kappa shape index (κ3) is 2.87. The fraction of sp³-hybridized carbons (Fsp3) is 0.125. The molecule has 0 atom stereocenters. The van der Waals surface area contributed by atoms with Crippen LogP contribution in [0.5, 0.6) is 11.5 Å². The zero-order valence-electron chi connectivity index (χ0n) is 12.0. The molecule has 0 aliphatic heterocycles. The Hall–Kier alpha value is -2.60. The number of hydrogen-bond donors (Lipinski definition) is 0. The molecule has 22 heavy (non-hydrogen) atoms. The van der Waals surface area contributed by atoms with E-state index in [9.17, 15) is 0 Å². The van der Waals surface area contributed by atoms with Gasteiger partial charge in [-0.25, -0.2) is 0 Å². The molecule has 112 valence electrons. The van der Waals surface area contributed by atoms with Crippen LogP contribution in [-0.4, -0.2) is 23.9 Å². The zero-order chi connectivity index (χ0) is 15.4. The topological polar surface area (TPSA) is 57.4 Å². The first-order chi connectivity index (χ1) is 10.8. The molecule has 0 bridgehead atoms. The lowest BCUT2D eigenvalue weighted by Crippen LogP contribution is -1.96. The molecular formula is C16H14N2O3S. The van der Waals surface area contributed by atoms with Gasteiger partial charge in [-0.15, -0.1) is 11.3 Å². The minimum absolute atomic E-state index is 0.417. The van der Waals surface area contributed by atoms with Gasteiger partial charge in [-0.2, -0.15) is 4.98 Å². The van der Waals surface area contributed by atoms with E-state index >= 15 is 0 Å². The molecule has 0 aliphatic carbocycles. The summed E-state index contributed by atoms with van der Waals surface area (Å²) in [4.78, 5) is 5.35. The summed E-state index contributed by atoms with van der Waals surface area (Å²) < 4.78 is 16.2. The monoisotopic (exact) mass is 314 g/mol. The smallest absolute Gasteiger partial charge is 0.268 e. The van der Waals surface area contributed by atoms with E-state index in [4.69, 9.17) is 14.0 Å². The molecule has 0 aliphatic rings. The van der Waals surface area contributed by atoms with Crippen molar-refractivity contribution in [2.24, 2.45) is 0 Å². The van der Waals surface area contributed by atoms with Crippen molar-refractivity contribution in [2.75, 3.05) is 13.7 Å². The van der Waals surface area contributed by atoms with E-state index in [0.29, 0.717) is 29.8 Å². The van der Waals surface area contributed by atoms with Gasteiger partial charge in [0.25, 0.3) is 5.89 Å². The number of hydrogen-bond acceptors (Lipinski definition) is 6. The number of nitrogens with zero attached hydrogens (tertiary/aromatic N) is 2. The van der Waals surface area contributed by atoms with E-state index in [1.54, 1.807) is 24.5 Å². The summed E-state index contributed by atoms with van der Waals surface area (Å²) in [6.07, 6.45) is 1.68. The third-order valence-corrected chi connectivity index (χ3v) is 3.79. The van der Waals surface area contributed by atoms with E-state index in [1.165, 1.54) is 0 Å². The van der Waals surface area contributed by atoms with Gasteiger partial charge in [0.1, 0.15) is 6.61 Å². The SMILES string of the molecule is C=CCOc1ccc(-c2noc(-c3cccs3)n2)cc1OC. The fourth-order valence-corrected chi connectivity index (χ4v) is 2.56. The molecule has 0 radical (unpaired) electrons. The number of thiophene rings is 1. The molecule has 0 saturated carbocycles. The Morgan fingerprint density at radius 3 is 2.95 bits per heavy atom. The van der Waals surface area contributed by atoms with E-state index in [2.05, 4.69) is 16.7 Å². The van der Waals surface area contributed by atoms with Crippen LogP contribution in [0.25, 0.3) is 22.2 Å². The van der Waals surface area contributed by atoms with Crippen molar-refractivity contribution in [1.29, 1.82) is 0 Å². The van der Waals surface area contributed by atoms with Crippen LogP contribution in [0.3, 0.4) is 0 Å². The highest BCUT2D eigenvalue weighted by Crippen LogP contribution is 2.32. The Morgan fingerprint density at radius 1 is 1.32 bits per heavy atom. The van der Waals surface area contributed by atoms with Crippen molar-refractivity contribution in [1.82, 2.24) is 10.1 Å². The summed E-state index contributed by atoms with van der Waals surface area (Å²) in [6.45, 7) is 4.04. The van der Waals surface area contributed by atoms with Gasteiger partial charge in [0.2, 0.25) is 5.82 Å². The van der Waals surface area contributed by atoms with Crippen LogP contribution in [0.2, 0.25) is 0 Å². The molecule has 2 aromatic heterocycles. The normalized spacial score (nSPS) is 10.4. The molecule has 1 aromatic carbocycles. The average Bonchev–Trinajstić information content (AvgIpc) is 3.23. The molecule has 3 aromatic rings. The summed E-state index contributed by atoms with van der Waals surface area (Å²) in [7, 11) is 1.59. The predicted octanol–water partition coefficient (Wildman–Crippen LogP) is 4.04. The van der Waals surface area contributed by atoms with E-state index in [1.807, 2.05) is 35.7 Å². The van der Waals surface area contributed by atoms with Crippen LogP contribution in [-0.2, 0) is 0 Å². The van der Waals surface area contributed by atoms with Gasteiger partial charge in [0, 0.05) is 5.56 Å². The van der Waals surface area contributed by atoms with Gasteiger partial charge < -0.3 is 14.0 Å². The molecule has 0 N–H and O–H groups in total. The lowest BCUT2D eigenvalue weighted by Gasteiger charge is -2.09. The molecule has 0 unspecified atom stereocenters. The van der Waals surface area contributed by atoms with Gasteiger partial charge in [-0.3, -0.25) is 0 Å². The number of ether oxygens (including phenoxy) is 2. The maximum absolute atomic E-state index is 5.53. The summed E-state index contributed by atoms with van der Waals surface area (Å²) in [6, 6.07) is 9.39. The van der Waals surface area contributed by atoms with E-state index < -0.39 is 0 Å². The maximum atomic E-state index is 5.53. The van der Waals surface area contributed by atoms with Gasteiger partial charge in [-0.05, 0) is 29.6 Å². The molecule has 0 fully saturated rings. The van der Waals surface area contributed by atoms with E-state index in [0.717, 1.165) is 10.4 Å². The fourth-order valence-electron chi connectivity index (χ4n) is 1.92. The molecule has 6 heteroatoms. The second kappa shape index (κ2) is 6.44. The minimum atomic E-state index is 0.417. The zero-order valence-corrected chi connectivity index (χ0v) is 12.8. The standard InChI is InChI=1S/C16H14N2O3S/c1-3-8-20-12-7-6-11(10-13(12)19-2)15-17-16(21-18-15)14-5-4-9-22-14/h3-7,9-10H,1,8H2,2H3. The second-order valence-corrected chi connectivity index (χ2v) is 5.31. The van der Waals surface area contributed by atoms with Crippen LogP contribution >= 0.6 is 11.3 Å². The van der Waals surface area contributed by atoms with Crippen LogP contribution in [0.1, 0.15) is 0 Å². The van der Waals surface area contributed by atoms with Crippen molar-refractivity contribution in [3.8, 4) is 33.7 Å². The van der Waals surface area contributed by atoms with E-state index in [-0.39, 0.29) is 0 Å². The first-order valence-corrected chi connectivity index (χ1v) is 7.49. The summed E-state index contributed by atoms with van der Waals surface area (Å²) >= 11 is 1.55. The summed E-state index contributed by atoms with van der Waals surface area (Å²) in [5.74, 6) is 2.28. The van der Waals surface area contributed by atoms with Gasteiger partial charge in [-0.1, -0.05) is 23.9 Å². The van der Waals surface area contributed by atoms with Crippen molar-refractivity contribution < 1.29 is 14.0 Å². The van der Waals surface area contributed by atoms with Crippen molar-refractivity contribution in [3.05, 3.63) is 48.4 Å². The Labute approximate surface area is 131 Å². The first-order valence-electron chi connectivity index (χ1n) is 6.61. The molecular weight excluding hydrogens is 300 g/mol. The lowest BCUT2D eigenvalue weighted by atomic mass is 10.2. The number of benzene rings is 1. The molecule has 3 rings (SSSR count). The van der Waals surface area contributed by atoms with Crippen LogP contribution in [0.15, 0.2) is 52.9 Å². The number of aromatic nitrogens is 2. The van der Waals surface area contributed by atoms with Crippen molar-refractivity contribution in [2.45, 2.75) is 0 Å². The quantitative estimate of drug-likeness (QED) is 0.643. The Balaban J connectivity index is 1.90. The average molecular weight is 314 g/mol. The minimum Gasteiger partial charge on any atom is -0.493 e. The molecule has 0 amide bonds. The predicted molar refractivity (Wildman–Crippen MR) is 85.3 cm³/mol. The number of rotatable bonds is 6. The summed E-state index contributed by atoms with van der Waals surface area (Å²) in [5.41, 5.74) is 0.800. The van der Waals surface area contributed by atoms with Crippen LogP contribution < -0.4 is 9.47 Å². The lowest BCUT2D eigenvalue weighted by molar-refractivity contribution is 0.326. The molecule has 2 heterocycles. The van der Waals surface area contributed by atoms with Gasteiger partial charge in [0.15, 0.2) is 11.5 Å². The highest BCUT2D eigenvalue weighted by atomic mass is 32.1. The molecule has 0 spiro atoms. The van der Waals surface area contributed by atoms with Crippen molar-refractivity contribution in [3.63, 3.8) is 0 Å². The Kier molecular flexibility index (Phi) is 4.20. The second-order valence-electron chi connectivity index (χ2n) is 4.37. The first kappa shape index (κ1) is 14.3. The maximum Gasteiger partial charge on any atom is 0.268 e. The number of methoxy groups -OCH3 is 1. The van der Waals surface area contributed by atoms with Gasteiger partial charge in [0.05, 0.1) is 12.0 Å². The van der Waals surface area contributed by atoms with Crippen LogP contribution in [0.4, 0.5) is 0 Å². The molecule has 0 saturated heterocycles. The highest BCUT2D eigenvalue weighted by molar-refractivity contribution is 7.13. The van der Waals surface area contributed by atoms with Crippen LogP contribution in [0, 0.1) is 0 Å². The largest absolute Gasteiger partial charge is 0.493 e. The van der Waals surface area contributed by atoms with Gasteiger partial charge >= 0.3 is 0 Å². The third-order valence-electron chi connectivity index (χ3n) is 2.94. The Morgan fingerprint density at radius 2 is 2.23 bits per heavy atom.